The van der Waals surface area contributed by atoms with Crippen LogP contribution in [-0.4, -0.2) is 29.1 Å². The van der Waals surface area contributed by atoms with E-state index < -0.39 is 24.7 Å². The first kappa shape index (κ1) is 14.2. The average molecular weight is 250 g/mol. The fraction of sp³-hybridized carbons (Fsp3) is 0.727. The third kappa shape index (κ3) is 4.12. The van der Waals surface area contributed by atoms with Crippen LogP contribution in [0.25, 0.3) is 0 Å². The van der Waals surface area contributed by atoms with E-state index >= 15 is 0 Å². The van der Waals surface area contributed by atoms with Crippen molar-refractivity contribution in [3.05, 3.63) is 12.3 Å². The Morgan fingerprint density at radius 2 is 2.18 bits per heavy atom. The zero-order chi connectivity index (χ0) is 13.1. The van der Waals surface area contributed by atoms with Crippen molar-refractivity contribution in [3.63, 3.8) is 0 Å². The van der Waals surface area contributed by atoms with E-state index in [0.717, 1.165) is 6.42 Å². The van der Waals surface area contributed by atoms with Gasteiger partial charge in [0.1, 0.15) is 6.10 Å². The quantitative estimate of drug-likeness (QED) is 0.784. The second-order valence-electron chi connectivity index (χ2n) is 4.17. The summed E-state index contributed by atoms with van der Waals surface area (Å²) in [6, 6.07) is -0.927. The number of nitrogens with two attached hydrogens (primary N) is 1. The summed E-state index contributed by atoms with van der Waals surface area (Å²) in [5, 5.41) is 9.85. The van der Waals surface area contributed by atoms with Crippen molar-refractivity contribution in [1.29, 1.82) is 0 Å². The first-order valence-electron chi connectivity index (χ1n) is 5.59. The van der Waals surface area contributed by atoms with Gasteiger partial charge in [0.15, 0.2) is 0 Å². The fourth-order valence-electron chi connectivity index (χ4n) is 1.78. The summed E-state index contributed by atoms with van der Waals surface area (Å²) in [6.07, 6.45) is -2.49. The predicted molar refractivity (Wildman–Crippen MR) is 59.6 cm³/mol. The van der Waals surface area contributed by atoms with E-state index in [4.69, 9.17) is 5.73 Å². The summed E-state index contributed by atoms with van der Waals surface area (Å²) >= 11 is 0. The Morgan fingerprint density at radius 3 is 2.71 bits per heavy atom. The molecule has 0 fully saturated rings. The summed E-state index contributed by atoms with van der Waals surface area (Å²) < 4.78 is 36.1. The Hall–Kier alpha value is -0.880. The maximum Gasteiger partial charge on any atom is 0.389 e. The number of rotatable bonds is 5. The molecule has 0 saturated heterocycles. The number of hydrogen-bond donors (Lipinski definition) is 2. The van der Waals surface area contributed by atoms with Gasteiger partial charge in [-0.15, -0.1) is 0 Å². The molecule has 1 aliphatic rings. The summed E-state index contributed by atoms with van der Waals surface area (Å²) in [7, 11) is 0. The van der Waals surface area contributed by atoms with Gasteiger partial charge in [-0.2, -0.15) is 13.2 Å². The summed E-state index contributed by atoms with van der Waals surface area (Å²) in [5.41, 5.74) is 6.04. The Balaban J connectivity index is 2.50. The molecule has 1 rings (SSSR count). The number of halogens is 3. The lowest BCUT2D eigenvalue weighted by Crippen LogP contribution is -2.42. The van der Waals surface area contributed by atoms with E-state index in [1.165, 1.54) is 0 Å². The topological polar surface area (TPSA) is 58.6 Å². The zero-order valence-corrected chi connectivity index (χ0v) is 9.61. The number of aliphatic hydroxyl groups is 1. The van der Waals surface area contributed by atoms with Gasteiger partial charge in [0.05, 0.1) is 5.71 Å². The minimum Gasteiger partial charge on any atom is -0.385 e. The molecular formula is C11H17F3N2O. The smallest absolute Gasteiger partial charge is 0.385 e. The van der Waals surface area contributed by atoms with Crippen LogP contribution in [0, 0.1) is 5.92 Å². The minimum atomic E-state index is -4.24. The third-order valence-corrected chi connectivity index (χ3v) is 2.83. The zero-order valence-electron chi connectivity index (χ0n) is 9.61. The molecule has 1 aliphatic heterocycles. The van der Waals surface area contributed by atoms with Gasteiger partial charge in [-0.25, -0.2) is 0 Å². The molecule has 0 aliphatic carbocycles. The van der Waals surface area contributed by atoms with Crippen molar-refractivity contribution in [1.82, 2.24) is 0 Å². The number of allylic oxidation sites excluding steroid dienone is 1. The van der Waals surface area contributed by atoms with Crippen molar-refractivity contribution in [3.8, 4) is 0 Å². The summed E-state index contributed by atoms with van der Waals surface area (Å²) in [5.74, 6) is -0.0121. The van der Waals surface area contributed by atoms with Crippen LogP contribution in [0.4, 0.5) is 13.2 Å². The van der Waals surface area contributed by atoms with Crippen molar-refractivity contribution in [2.24, 2.45) is 16.6 Å². The second-order valence-corrected chi connectivity index (χ2v) is 4.17. The van der Waals surface area contributed by atoms with Crippen LogP contribution in [0.5, 0.6) is 0 Å². The van der Waals surface area contributed by atoms with Crippen LogP contribution in [0.2, 0.25) is 0 Å². The van der Waals surface area contributed by atoms with Gasteiger partial charge in [-0.3, -0.25) is 4.99 Å². The van der Waals surface area contributed by atoms with Crippen molar-refractivity contribution < 1.29 is 18.3 Å². The first-order chi connectivity index (χ1) is 7.85. The molecule has 0 aromatic carbocycles. The number of aliphatic hydroxyl groups excluding tert-OH is 1. The van der Waals surface area contributed by atoms with Crippen LogP contribution < -0.4 is 5.73 Å². The molecule has 6 heteroatoms. The Kier molecular flexibility index (Phi) is 4.70. The third-order valence-electron chi connectivity index (χ3n) is 2.83. The van der Waals surface area contributed by atoms with Crippen LogP contribution in [0.1, 0.15) is 26.2 Å². The van der Waals surface area contributed by atoms with Gasteiger partial charge in [-0.1, -0.05) is 13.0 Å². The lowest BCUT2D eigenvalue weighted by atomic mass is 9.92. The lowest BCUT2D eigenvalue weighted by Gasteiger charge is -2.22. The molecule has 3 unspecified atom stereocenters. The van der Waals surface area contributed by atoms with E-state index in [1.807, 2.05) is 13.0 Å². The molecule has 17 heavy (non-hydrogen) atoms. The van der Waals surface area contributed by atoms with Crippen LogP contribution in [-0.2, 0) is 0 Å². The molecule has 3 nitrogen and oxygen atoms in total. The standard InChI is InChI=1S/C11H17F3N2O/c1-2-7-4-6-16-9(7)10(17)8(15)3-5-11(12,13)14/h4,6-8,10,17H,2-3,5,15H2,1H3. The minimum absolute atomic E-state index is 0.0121. The van der Waals surface area contributed by atoms with Crippen molar-refractivity contribution in [2.45, 2.75) is 44.5 Å². The largest absolute Gasteiger partial charge is 0.389 e. The number of alkyl halides is 3. The highest BCUT2D eigenvalue weighted by Crippen LogP contribution is 2.24. The molecule has 0 aromatic rings. The SMILES string of the molecule is CCC1C=CN=C1C(O)C(N)CCC(F)(F)F. The predicted octanol–water partition coefficient (Wildman–Crippen LogP) is 2.01. The van der Waals surface area contributed by atoms with Gasteiger partial charge in [0.25, 0.3) is 0 Å². The Bertz CT molecular complexity index is 312. The highest BCUT2D eigenvalue weighted by atomic mass is 19.4. The molecule has 0 spiro atoms. The van der Waals surface area contributed by atoms with Crippen LogP contribution >= 0.6 is 0 Å². The van der Waals surface area contributed by atoms with Gasteiger partial charge < -0.3 is 10.8 Å². The number of hydrogen-bond acceptors (Lipinski definition) is 3. The second kappa shape index (κ2) is 5.64. The summed E-state index contributed by atoms with van der Waals surface area (Å²) in [4.78, 5) is 3.98. The normalized spacial score (nSPS) is 23.6. The number of nitrogens with zero attached hydrogens (tertiary/aromatic N) is 1. The lowest BCUT2D eigenvalue weighted by molar-refractivity contribution is -0.136. The fourth-order valence-corrected chi connectivity index (χ4v) is 1.78. The Labute approximate surface area is 98.2 Å². The number of aliphatic imine (C=N–C) groups is 1. The molecule has 1 heterocycles. The Morgan fingerprint density at radius 1 is 1.53 bits per heavy atom. The van der Waals surface area contributed by atoms with Gasteiger partial charge in [0, 0.05) is 24.6 Å². The highest BCUT2D eigenvalue weighted by Gasteiger charge is 2.32. The molecule has 0 aromatic heterocycles. The van der Waals surface area contributed by atoms with E-state index in [2.05, 4.69) is 4.99 Å². The van der Waals surface area contributed by atoms with Crippen molar-refractivity contribution in [2.75, 3.05) is 0 Å². The molecule has 0 saturated carbocycles. The van der Waals surface area contributed by atoms with Gasteiger partial charge >= 0.3 is 6.18 Å². The van der Waals surface area contributed by atoms with E-state index in [9.17, 15) is 18.3 Å². The monoisotopic (exact) mass is 250 g/mol. The molecule has 0 amide bonds. The van der Waals surface area contributed by atoms with E-state index in [1.54, 1.807) is 6.20 Å². The highest BCUT2D eigenvalue weighted by molar-refractivity contribution is 5.94. The van der Waals surface area contributed by atoms with Gasteiger partial charge in [0.2, 0.25) is 0 Å². The van der Waals surface area contributed by atoms with Crippen LogP contribution in [0.15, 0.2) is 17.3 Å². The van der Waals surface area contributed by atoms with Crippen LogP contribution in [0.3, 0.4) is 0 Å². The van der Waals surface area contributed by atoms with Gasteiger partial charge in [-0.05, 0) is 12.8 Å². The van der Waals surface area contributed by atoms with Crippen molar-refractivity contribution >= 4 is 5.71 Å². The molecule has 0 bridgehead atoms. The molecule has 0 radical (unpaired) electrons. The molecule has 98 valence electrons. The summed E-state index contributed by atoms with van der Waals surface area (Å²) in [6.45, 7) is 1.92. The van der Waals surface area contributed by atoms with E-state index in [-0.39, 0.29) is 12.3 Å². The maximum atomic E-state index is 12.0. The first-order valence-corrected chi connectivity index (χ1v) is 5.59. The van der Waals surface area contributed by atoms with E-state index in [0.29, 0.717) is 5.71 Å². The molecule has 3 N–H and O–H groups in total. The average Bonchev–Trinajstić information content (AvgIpc) is 2.71. The maximum absolute atomic E-state index is 12.0. The molecule has 3 atom stereocenters. The molecular weight excluding hydrogens is 233 g/mol.